The maximum Gasteiger partial charge on any atom is 0.419 e. The van der Waals surface area contributed by atoms with Gasteiger partial charge in [0.1, 0.15) is 5.75 Å². The number of anilines is 1. The third-order valence-electron chi connectivity index (χ3n) is 6.14. The van der Waals surface area contributed by atoms with E-state index in [0.717, 1.165) is 16.7 Å². The average molecular weight is 418 g/mol. The quantitative estimate of drug-likeness (QED) is 0.664. The second-order valence-electron chi connectivity index (χ2n) is 8.61. The summed E-state index contributed by atoms with van der Waals surface area (Å²) < 4.78 is 48.2. The van der Waals surface area contributed by atoms with Gasteiger partial charge in [0.15, 0.2) is 5.60 Å². The topological polar surface area (TPSA) is 53.5 Å². The molecule has 0 spiro atoms. The van der Waals surface area contributed by atoms with Crippen molar-refractivity contribution in [2.45, 2.75) is 50.0 Å². The smallest absolute Gasteiger partial charge is 0.419 e. The Morgan fingerprint density at radius 2 is 1.97 bits per heavy atom. The Balaban J connectivity index is 1.90. The van der Waals surface area contributed by atoms with Gasteiger partial charge in [-0.3, -0.25) is 0 Å². The van der Waals surface area contributed by atoms with Gasteiger partial charge in [-0.05, 0) is 59.0 Å². The van der Waals surface area contributed by atoms with Gasteiger partial charge in [-0.2, -0.15) is 13.2 Å². The first-order valence-corrected chi connectivity index (χ1v) is 9.83. The first-order chi connectivity index (χ1) is 14.1. The van der Waals surface area contributed by atoms with Crippen LogP contribution in [0.4, 0.5) is 18.9 Å². The number of ether oxygens (including phenoxy) is 1. The number of fused-ring (bicyclic) bond motifs is 2. The maximum absolute atomic E-state index is 14.3. The summed E-state index contributed by atoms with van der Waals surface area (Å²) in [5.41, 5.74) is -0.335. The van der Waals surface area contributed by atoms with Crippen LogP contribution >= 0.6 is 0 Å². The molecular weight excluding hydrogens is 393 g/mol. The highest BCUT2D eigenvalue weighted by molar-refractivity contribution is 5.71. The lowest BCUT2D eigenvalue weighted by Crippen LogP contribution is -2.58. The summed E-state index contributed by atoms with van der Waals surface area (Å²) in [5.74, 6) is 0.446. The second-order valence-corrected chi connectivity index (χ2v) is 8.61. The minimum atomic E-state index is -4.82. The van der Waals surface area contributed by atoms with Crippen LogP contribution in [0.5, 0.6) is 5.75 Å². The Labute approximate surface area is 173 Å². The summed E-state index contributed by atoms with van der Waals surface area (Å²) >= 11 is 0. The molecule has 4 rings (SSSR count). The molecule has 7 heteroatoms. The van der Waals surface area contributed by atoms with E-state index in [-0.39, 0.29) is 0 Å². The minimum Gasteiger partial charge on any atom is -0.497 e. The summed E-state index contributed by atoms with van der Waals surface area (Å²) in [6.45, 7) is 4.04. The number of rotatable bonds is 3. The second kappa shape index (κ2) is 6.94. The molecule has 3 N–H and O–H groups in total. The molecule has 160 valence electrons. The number of benzene rings is 2. The molecule has 2 unspecified atom stereocenters. The van der Waals surface area contributed by atoms with Crippen LogP contribution in [0.1, 0.15) is 48.6 Å². The zero-order valence-electron chi connectivity index (χ0n) is 17.1. The van der Waals surface area contributed by atoms with E-state index in [1.165, 1.54) is 7.11 Å². The van der Waals surface area contributed by atoms with E-state index in [2.05, 4.69) is 10.6 Å². The van der Waals surface area contributed by atoms with Crippen molar-refractivity contribution < 1.29 is 23.0 Å². The van der Waals surface area contributed by atoms with E-state index in [1.807, 2.05) is 12.1 Å². The largest absolute Gasteiger partial charge is 0.497 e. The predicted octanol–water partition coefficient (Wildman–Crippen LogP) is 4.90. The van der Waals surface area contributed by atoms with E-state index < -0.39 is 29.7 Å². The van der Waals surface area contributed by atoms with Gasteiger partial charge >= 0.3 is 6.18 Å². The highest BCUT2D eigenvalue weighted by Crippen LogP contribution is 2.55. The van der Waals surface area contributed by atoms with Crippen molar-refractivity contribution in [1.29, 1.82) is 0 Å². The predicted molar refractivity (Wildman–Crippen MR) is 110 cm³/mol. The first kappa shape index (κ1) is 20.6. The van der Waals surface area contributed by atoms with Gasteiger partial charge in [0, 0.05) is 17.8 Å². The van der Waals surface area contributed by atoms with Gasteiger partial charge in [0.2, 0.25) is 0 Å². The number of methoxy groups -OCH3 is 1. The van der Waals surface area contributed by atoms with Crippen molar-refractivity contribution >= 4 is 11.8 Å². The molecule has 1 aliphatic carbocycles. The highest BCUT2D eigenvalue weighted by Gasteiger charge is 2.63. The lowest BCUT2D eigenvalue weighted by atomic mass is 9.63. The summed E-state index contributed by atoms with van der Waals surface area (Å²) in [7, 11) is 1.47. The van der Waals surface area contributed by atoms with E-state index in [4.69, 9.17) is 4.74 Å². The van der Waals surface area contributed by atoms with E-state index >= 15 is 0 Å². The van der Waals surface area contributed by atoms with Crippen LogP contribution in [0.15, 0.2) is 42.6 Å². The lowest BCUT2D eigenvalue weighted by Gasteiger charge is -2.49. The van der Waals surface area contributed by atoms with Gasteiger partial charge in [-0.25, -0.2) is 0 Å². The summed E-state index contributed by atoms with van der Waals surface area (Å²) in [6.07, 6.45) is -1.68. The fraction of sp³-hybridized carbons (Fsp3) is 0.391. The van der Waals surface area contributed by atoms with Crippen LogP contribution in [0.25, 0.3) is 6.08 Å². The third-order valence-corrected chi connectivity index (χ3v) is 6.14. The zero-order chi connectivity index (χ0) is 21.7. The molecule has 2 atom stereocenters. The fourth-order valence-electron chi connectivity index (χ4n) is 4.67. The number of hydrogen-bond donors (Lipinski definition) is 3. The van der Waals surface area contributed by atoms with Crippen molar-refractivity contribution in [3.05, 3.63) is 64.9 Å². The molecule has 0 saturated heterocycles. The Kier molecular flexibility index (Phi) is 4.77. The van der Waals surface area contributed by atoms with E-state index in [9.17, 15) is 18.3 Å². The molecule has 0 aromatic heterocycles. The van der Waals surface area contributed by atoms with Gasteiger partial charge in [0.05, 0.1) is 13.2 Å². The van der Waals surface area contributed by atoms with Crippen LogP contribution < -0.4 is 15.4 Å². The summed E-state index contributed by atoms with van der Waals surface area (Å²) in [5, 5.41) is 17.3. The molecule has 4 nitrogen and oxygen atoms in total. The number of halogens is 3. The van der Waals surface area contributed by atoms with Crippen molar-refractivity contribution in [2.24, 2.45) is 0 Å². The molecule has 2 aliphatic rings. The Morgan fingerprint density at radius 3 is 2.67 bits per heavy atom. The molecule has 1 aliphatic heterocycles. The zero-order valence-corrected chi connectivity index (χ0v) is 17.1. The molecule has 0 saturated carbocycles. The van der Waals surface area contributed by atoms with Gasteiger partial charge in [-0.15, -0.1) is 0 Å². The molecule has 0 amide bonds. The van der Waals surface area contributed by atoms with Gasteiger partial charge in [-0.1, -0.05) is 32.0 Å². The Morgan fingerprint density at radius 1 is 1.20 bits per heavy atom. The molecular formula is C23H25F3N2O2. The standard InChI is InChI=1S/C23H25F3N2O2/c1-21(2)13-22(29,23(24,25)26)20(17-11-15(30-3)7-8-18(17)21)28-19-6-4-5-14-12-27-10-9-16(14)19/h4-11,20,27-29H,12-13H2,1-3H3. The van der Waals surface area contributed by atoms with Crippen molar-refractivity contribution in [1.82, 2.24) is 5.32 Å². The lowest BCUT2D eigenvalue weighted by molar-refractivity contribution is -0.275. The molecule has 2 aromatic rings. The number of hydrogen-bond acceptors (Lipinski definition) is 4. The highest BCUT2D eigenvalue weighted by atomic mass is 19.4. The van der Waals surface area contributed by atoms with Gasteiger partial charge < -0.3 is 20.5 Å². The molecule has 0 radical (unpaired) electrons. The molecule has 0 bridgehead atoms. The van der Waals surface area contributed by atoms with Crippen molar-refractivity contribution in [3.63, 3.8) is 0 Å². The number of aliphatic hydroxyl groups is 1. The Bertz CT molecular complexity index is 1000. The maximum atomic E-state index is 14.3. The fourth-order valence-corrected chi connectivity index (χ4v) is 4.67. The van der Waals surface area contributed by atoms with Crippen LogP contribution in [-0.2, 0) is 12.0 Å². The summed E-state index contributed by atoms with van der Waals surface area (Å²) in [4.78, 5) is 0. The van der Waals surface area contributed by atoms with Crippen LogP contribution in [0, 0.1) is 0 Å². The van der Waals surface area contributed by atoms with Crippen molar-refractivity contribution in [3.8, 4) is 5.75 Å². The van der Waals surface area contributed by atoms with E-state index in [1.54, 1.807) is 50.4 Å². The third kappa shape index (κ3) is 3.21. The molecule has 1 heterocycles. The molecule has 30 heavy (non-hydrogen) atoms. The average Bonchev–Trinajstić information content (AvgIpc) is 2.69. The van der Waals surface area contributed by atoms with Gasteiger partial charge in [0.25, 0.3) is 0 Å². The SMILES string of the molecule is COc1ccc2c(c1)C(Nc1cccc3c1C=CNC3)C(O)(C(F)(F)F)CC2(C)C. The normalized spacial score (nSPS) is 24.4. The number of alkyl halides is 3. The first-order valence-electron chi connectivity index (χ1n) is 9.83. The van der Waals surface area contributed by atoms with Crippen molar-refractivity contribution in [2.75, 3.05) is 12.4 Å². The minimum absolute atomic E-state index is 0.390. The van der Waals surface area contributed by atoms with Crippen LogP contribution in [0.2, 0.25) is 0 Å². The van der Waals surface area contributed by atoms with Crippen LogP contribution in [0.3, 0.4) is 0 Å². The van der Waals surface area contributed by atoms with E-state index in [0.29, 0.717) is 23.5 Å². The summed E-state index contributed by atoms with van der Waals surface area (Å²) in [6, 6.07) is 9.21. The molecule has 2 aromatic carbocycles. The number of nitrogens with one attached hydrogen (secondary N) is 2. The monoisotopic (exact) mass is 418 g/mol. The molecule has 0 fully saturated rings. The Hall–Kier alpha value is -2.67. The van der Waals surface area contributed by atoms with Crippen LogP contribution in [-0.4, -0.2) is 24.0 Å².